The molecule has 0 aromatic rings. The van der Waals surface area contributed by atoms with Crippen LogP contribution in [-0.2, 0) is 14.3 Å². The molecule has 6 heteroatoms. The molecule has 0 aliphatic heterocycles. The lowest BCUT2D eigenvalue weighted by Crippen LogP contribution is -2.54. The minimum Gasteiger partial charge on any atom is -0.481 e. The van der Waals surface area contributed by atoms with Gasteiger partial charge in [0, 0.05) is 20.1 Å². The SMILES string of the molecule is COCCCC(=O)C(O)(CC(=O)O)C[N+](C)(C)C. The number of hydrogen-bond donors (Lipinski definition) is 2. The second-order valence-electron chi connectivity index (χ2n) is 5.57. The Bertz CT molecular complexity index is 297. The highest BCUT2D eigenvalue weighted by atomic mass is 16.5. The average molecular weight is 262 g/mol. The Morgan fingerprint density at radius 2 is 1.83 bits per heavy atom. The Morgan fingerprint density at radius 1 is 1.28 bits per heavy atom. The van der Waals surface area contributed by atoms with Gasteiger partial charge in [0.05, 0.1) is 27.6 Å². The van der Waals surface area contributed by atoms with Crippen molar-refractivity contribution in [1.82, 2.24) is 0 Å². The van der Waals surface area contributed by atoms with E-state index in [4.69, 9.17) is 9.84 Å². The van der Waals surface area contributed by atoms with E-state index in [-0.39, 0.29) is 13.0 Å². The van der Waals surface area contributed by atoms with Gasteiger partial charge in [0.15, 0.2) is 11.4 Å². The summed E-state index contributed by atoms with van der Waals surface area (Å²) in [6, 6.07) is 0. The Kier molecular flexibility index (Phi) is 6.45. The molecule has 0 radical (unpaired) electrons. The highest BCUT2D eigenvalue weighted by Crippen LogP contribution is 2.18. The van der Waals surface area contributed by atoms with Crippen LogP contribution < -0.4 is 0 Å². The van der Waals surface area contributed by atoms with Crippen molar-refractivity contribution in [2.24, 2.45) is 0 Å². The quantitative estimate of drug-likeness (QED) is 0.447. The normalized spacial score (nSPS) is 15.2. The van der Waals surface area contributed by atoms with E-state index in [2.05, 4.69) is 0 Å². The molecule has 0 aliphatic rings. The fourth-order valence-corrected chi connectivity index (χ4v) is 1.89. The van der Waals surface area contributed by atoms with Crippen LogP contribution in [0.15, 0.2) is 0 Å². The highest BCUT2D eigenvalue weighted by molar-refractivity contribution is 5.90. The van der Waals surface area contributed by atoms with E-state index < -0.39 is 23.8 Å². The molecule has 1 atom stereocenters. The lowest BCUT2D eigenvalue weighted by Gasteiger charge is -2.33. The van der Waals surface area contributed by atoms with E-state index in [1.165, 1.54) is 7.11 Å². The van der Waals surface area contributed by atoms with Gasteiger partial charge in [-0.05, 0) is 6.42 Å². The molecule has 6 nitrogen and oxygen atoms in total. The molecular weight excluding hydrogens is 238 g/mol. The number of carboxylic acid groups (broad SMARTS) is 1. The molecular formula is C12H24NO5+. The number of carboxylic acids is 1. The maximum absolute atomic E-state index is 12.0. The van der Waals surface area contributed by atoms with Crippen molar-refractivity contribution in [2.45, 2.75) is 24.9 Å². The Hall–Kier alpha value is -0.980. The van der Waals surface area contributed by atoms with Crippen molar-refractivity contribution >= 4 is 11.8 Å². The summed E-state index contributed by atoms with van der Waals surface area (Å²) >= 11 is 0. The molecule has 106 valence electrons. The minimum absolute atomic E-state index is 0.0745. The van der Waals surface area contributed by atoms with Gasteiger partial charge in [-0.25, -0.2) is 0 Å². The van der Waals surface area contributed by atoms with Gasteiger partial charge in [-0.3, -0.25) is 9.59 Å². The summed E-state index contributed by atoms with van der Waals surface area (Å²) < 4.78 is 5.15. The summed E-state index contributed by atoms with van der Waals surface area (Å²) in [5.41, 5.74) is -1.81. The third kappa shape index (κ3) is 6.68. The second-order valence-corrected chi connectivity index (χ2v) is 5.57. The first-order valence-corrected chi connectivity index (χ1v) is 5.87. The van der Waals surface area contributed by atoms with Crippen LogP contribution in [0.3, 0.4) is 0 Å². The molecule has 0 amide bonds. The molecule has 0 aliphatic carbocycles. The Labute approximate surface area is 108 Å². The van der Waals surface area contributed by atoms with E-state index >= 15 is 0 Å². The molecule has 0 bridgehead atoms. The lowest BCUT2D eigenvalue weighted by molar-refractivity contribution is -0.875. The van der Waals surface area contributed by atoms with Crippen LogP contribution >= 0.6 is 0 Å². The number of Topliss-reactive ketones (excluding diaryl/α,β-unsaturated/α-hetero) is 1. The number of likely N-dealkylation sites (N-methyl/N-ethyl adjacent to an activating group) is 1. The van der Waals surface area contributed by atoms with Crippen molar-refractivity contribution in [3.63, 3.8) is 0 Å². The number of ether oxygens (including phenoxy) is 1. The van der Waals surface area contributed by atoms with E-state index in [1.807, 2.05) is 0 Å². The van der Waals surface area contributed by atoms with E-state index in [0.29, 0.717) is 17.5 Å². The molecule has 0 aromatic heterocycles. The van der Waals surface area contributed by atoms with Crippen molar-refractivity contribution in [2.75, 3.05) is 41.4 Å². The Balaban J connectivity index is 4.74. The van der Waals surface area contributed by atoms with Crippen LogP contribution in [0.25, 0.3) is 0 Å². The molecule has 18 heavy (non-hydrogen) atoms. The average Bonchev–Trinajstić information content (AvgIpc) is 2.13. The number of quaternary nitrogens is 1. The third-order valence-corrected chi connectivity index (χ3v) is 2.45. The standard InChI is InChI=1S/C12H23NO5/c1-13(2,3)9-12(17,8-11(15)16)10(14)6-5-7-18-4/h17H,5-9H2,1-4H3/p+1. The van der Waals surface area contributed by atoms with Crippen LogP contribution in [0.2, 0.25) is 0 Å². The maximum Gasteiger partial charge on any atom is 0.306 e. The summed E-state index contributed by atoms with van der Waals surface area (Å²) in [6.45, 7) is 0.490. The van der Waals surface area contributed by atoms with Gasteiger partial charge in [-0.15, -0.1) is 0 Å². The van der Waals surface area contributed by atoms with Gasteiger partial charge >= 0.3 is 5.97 Å². The number of aliphatic hydroxyl groups is 1. The number of hydrogen-bond acceptors (Lipinski definition) is 4. The summed E-state index contributed by atoms with van der Waals surface area (Å²) in [5.74, 6) is -1.61. The molecule has 2 N–H and O–H groups in total. The van der Waals surface area contributed by atoms with Gasteiger partial charge in [-0.1, -0.05) is 0 Å². The van der Waals surface area contributed by atoms with Crippen molar-refractivity contribution in [3.8, 4) is 0 Å². The van der Waals surface area contributed by atoms with Crippen LogP contribution in [0, 0.1) is 0 Å². The largest absolute Gasteiger partial charge is 0.481 e. The zero-order valence-corrected chi connectivity index (χ0v) is 11.6. The first kappa shape index (κ1) is 17.0. The van der Waals surface area contributed by atoms with Gasteiger partial charge in [0.1, 0.15) is 6.54 Å². The minimum atomic E-state index is -1.81. The Morgan fingerprint density at radius 3 is 2.22 bits per heavy atom. The van der Waals surface area contributed by atoms with Gasteiger partial charge in [-0.2, -0.15) is 0 Å². The number of nitrogens with zero attached hydrogens (tertiary/aromatic N) is 1. The molecule has 0 fully saturated rings. The van der Waals surface area contributed by atoms with E-state index in [0.717, 1.165) is 0 Å². The van der Waals surface area contributed by atoms with Crippen molar-refractivity contribution in [3.05, 3.63) is 0 Å². The lowest BCUT2D eigenvalue weighted by atomic mass is 9.90. The van der Waals surface area contributed by atoms with Gasteiger partial charge in [0.25, 0.3) is 0 Å². The second kappa shape index (κ2) is 6.82. The number of carbonyl (C=O) groups is 2. The fourth-order valence-electron chi connectivity index (χ4n) is 1.89. The predicted molar refractivity (Wildman–Crippen MR) is 66.2 cm³/mol. The fraction of sp³-hybridized carbons (Fsp3) is 0.833. The van der Waals surface area contributed by atoms with Crippen LogP contribution in [0.5, 0.6) is 0 Å². The zero-order valence-electron chi connectivity index (χ0n) is 11.6. The molecule has 0 aromatic carbocycles. The molecule has 0 saturated heterocycles. The molecule has 0 saturated carbocycles. The smallest absolute Gasteiger partial charge is 0.306 e. The van der Waals surface area contributed by atoms with Gasteiger partial charge in [0.2, 0.25) is 0 Å². The van der Waals surface area contributed by atoms with Crippen LogP contribution in [0.4, 0.5) is 0 Å². The predicted octanol–water partition coefficient (Wildman–Crippen LogP) is -0.106. The van der Waals surface area contributed by atoms with Crippen LogP contribution in [0.1, 0.15) is 19.3 Å². The number of carbonyl (C=O) groups excluding carboxylic acids is 1. The maximum atomic E-state index is 12.0. The van der Waals surface area contributed by atoms with E-state index in [1.54, 1.807) is 21.1 Å². The molecule has 0 rings (SSSR count). The first-order valence-electron chi connectivity index (χ1n) is 5.87. The number of methoxy groups -OCH3 is 1. The number of ketones is 1. The third-order valence-electron chi connectivity index (χ3n) is 2.45. The number of aliphatic carboxylic acids is 1. The monoisotopic (exact) mass is 262 g/mol. The summed E-state index contributed by atoms with van der Waals surface area (Å²) in [4.78, 5) is 22.8. The van der Waals surface area contributed by atoms with Crippen molar-refractivity contribution in [1.29, 1.82) is 0 Å². The van der Waals surface area contributed by atoms with E-state index in [9.17, 15) is 14.7 Å². The molecule has 0 heterocycles. The summed E-state index contributed by atoms with van der Waals surface area (Å²) in [6.07, 6.45) is 0.0420. The molecule has 1 unspecified atom stereocenters. The van der Waals surface area contributed by atoms with Crippen LogP contribution in [-0.4, -0.2) is 73.5 Å². The summed E-state index contributed by atoms with van der Waals surface area (Å²) in [5, 5.41) is 19.1. The van der Waals surface area contributed by atoms with Gasteiger partial charge < -0.3 is 19.4 Å². The number of rotatable bonds is 9. The van der Waals surface area contributed by atoms with Crippen molar-refractivity contribution < 1.29 is 29.0 Å². The molecule has 0 spiro atoms. The topological polar surface area (TPSA) is 83.8 Å². The first-order chi connectivity index (χ1) is 8.10. The summed E-state index contributed by atoms with van der Waals surface area (Å²) in [7, 11) is 6.93. The zero-order chi connectivity index (χ0) is 14.4. The highest BCUT2D eigenvalue weighted by Gasteiger charge is 2.42.